The van der Waals surface area contributed by atoms with Crippen molar-refractivity contribution in [3.8, 4) is 39.6 Å². The van der Waals surface area contributed by atoms with Crippen LogP contribution in [0.1, 0.15) is 5.56 Å². The van der Waals surface area contributed by atoms with Gasteiger partial charge in [0, 0.05) is 22.5 Å². The fraction of sp³-hybridized carbons (Fsp3) is 0. The number of pyridine rings is 1. The Balaban J connectivity index is 1.37. The van der Waals surface area contributed by atoms with Crippen LogP contribution >= 0.6 is 0 Å². The Bertz CT molecular complexity index is 1660. The van der Waals surface area contributed by atoms with Crippen LogP contribution < -0.4 is 0 Å². The second kappa shape index (κ2) is 7.78. The van der Waals surface area contributed by atoms with Crippen LogP contribution in [0.2, 0.25) is 0 Å². The van der Waals surface area contributed by atoms with Gasteiger partial charge in [-0.1, -0.05) is 66.7 Å². The topological polar surface area (TPSA) is 49.8 Å². The molecule has 0 bridgehead atoms. The first-order chi connectivity index (χ1) is 16.3. The highest BCUT2D eigenvalue weighted by atomic mass is 16.3. The number of rotatable bonds is 3. The quantitative estimate of drug-likeness (QED) is 0.292. The zero-order valence-electron chi connectivity index (χ0n) is 17.7. The highest BCUT2D eigenvalue weighted by Crippen LogP contribution is 2.35. The van der Waals surface area contributed by atoms with Crippen molar-refractivity contribution < 1.29 is 4.42 Å². The fourth-order valence-electron chi connectivity index (χ4n) is 4.26. The zero-order valence-corrected chi connectivity index (χ0v) is 17.7. The van der Waals surface area contributed by atoms with E-state index in [1.807, 2.05) is 30.3 Å². The van der Waals surface area contributed by atoms with Gasteiger partial charge in [-0.05, 0) is 58.7 Å². The summed E-state index contributed by atoms with van der Waals surface area (Å²) >= 11 is 0. The SMILES string of the molecule is N#Cc1ccnc(-c2ccc(-c3ccc4c(c3)oc3cc(-c5ccccc5)ccc34)cc2)c1. The van der Waals surface area contributed by atoms with Gasteiger partial charge in [0.2, 0.25) is 0 Å². The lowest BCUT2D eigenvalue weighted by atomic mass is 10.00. The van der Waals surface area contributed by atoms with Crippen molar-refractivity contribution in [3.63, 3.8) is 0 Å². The van der Waals surface area contributed by atoms with Gasteiger partial charge in [-0.2, -0.15) is 5.26 Å². The molecule has 0 N–H and O–H groups in total. The van der Waals surface area contributed by atoms with Gasteiger partial charge in [0.1, 0.15) is 11.2 Å². The predicted octanol–water partition coefficient (Wildman–Crippen LogP) is 7.85. The normalized spacial score (nSPS) is 11.0. The number of nitrogens with zero attached hydrogens (tertiary/aromatic N) is 2. The van der Waals surface area contributed by atoms with E-state index in [9.17, 15) is 0 Å². The van der Waals surface area contributed by atoms with Crippen molar-refractivity contribution in [1.29, 1.82) is 5.26 Å². The predicted molar refractivity (Wildman–Crippen MR) is 133 cm³/mol. The molecule has 33 heavy (non-hydrogen) atoms. The summed E-state index contributed by atoms with van der Waals surface area (Å²) in [4.78, 5) is 4.39. The van der Waals surface area contributed by atoms with Gasteiger partial charge < -0.3 is 4.42 Å². The molecule has 6 rings (SSSR count). The Morgan fingerprint density at radius 3 is 1.79 bits per heavy atom. The molecule has 0 radical (unpaired) electrons. The van der Waals surface area contributed by atoms with Crippen LogP contribution in [-0.2, 0) is 0 Å². The molecule has 0 saturated heterocycles. The number of benzene rings is 4. The summed E-state index contributed by atoms with van der Waals surface area (Å²) in [7, 11) is 0. The van der Waals surface area contributed by atoms with Crippen molar-refractivity contribution in [2.45, 2.75) is 0 Å². The molecule has 0 aliphatic heterocycles. The van der Waals surface area contributed by atoms with Gasteiger partial charge in [0.25, 0.3) is 0 Å². The van der Waals surface area contributed by atoms with Crippen LogP contribution in [0.4, 0.5) is 0 Å². The molecule has 0 aliphatic carbocycles. The number of furan rings is 1. The van der Waals surface area contributed by atoms with E-state index in [2.05, 4.69) is 71.7 Å². The Kier molecular flexibility index (Phi) is 4.49. The van der Waals surface area contributed by atoms with E-state index in [0.29, 0.717) is 5.56 Å². The Labute approximate surface area is 191 Å². The van der Waals surface area contributed by atoms with Gasteiger partial charge >= 0.3 is 0 Å². The number of fused-ring (bicyclic) bond motifs is 3. The summed E-state index contributed by atoms with van der Waals surface area (Å²) < 4.78 is 6.25. The molecule has 2 heterocycles. The third kappa shape index (κ3) is 3.44. The molecule has 0 amide bonds. The maximum Gasteiger partial charge on any atom is 0.136 e. The molecule has 3 nitrogen and oxygen atoms in total. The van der Waals surface area contributed by atoms with Crippen LogP contribution in [-0.4, -0.2) is 4.98 Å². The average Bonchev–Trinajstić information content (AvgIpc) is 3.26. The van der Waals surface area contributed by atoms with Crippen molar-refractivity contribution in [2.24, 2.45) is 0 Å². The second-order valence-electron chi connectivity index (χ2n) is 8.01. The van der Waals surface area contributed by atoms with Crippen LogP contribution in [0.25, 0.3) is 55.4 Å². The summed E-state index contributed by atoms with van der Waals surface area (Å²) in [5.74, 6) is 0. The lowest BCUT2D eigenvalue weighted by molar-refractivity contribution is 0.669. The summed E-state index contributed by atoms with van der Waals surface area (Å²) in [6.45, 7) is 0. The van der Waals surface area contributed by atoms with Crippen LogP contribution in [0.3, 0.4) is 0 Å². The molecule has 0 aliphatic rings. The minimum atomic E-state index is 0.606. The van der Waals surface area contributed by atoms with E-state index in [4.69, 9.17) is 9.68 Å². The van der Waals surface area contributed by atoms with Gasteiger partial charge in [0.05, 0.1) is 17.3 Å². The van der Waals surface area contributed by atoms with E-state index in [-0.39, 0.29) is 0 Å². The van der Waals surface area contributed by atoms with Gasteiger partial charge in [0.15, 0.2) is 0 Å². The first kappa shape index (κ1) is 19.0. The molecule has 6 aromatic rings. The number of hydrogen-bond donors (Lipinski definition) is 0. The smallest absolute Gasteiger partial charge is 0.136 e. The van der Waals surface area contributed by atoms with Crippen LogP contribution in [0, 0.1) is 11.3 Å². The van der Waals surface area contributed by atoms with Gasteiger partial charge in [-0.15, -0.1) is 0 Å². The highest BCUT2D eigenvalue weighted by molar-refractivity contribution is 6.06. The van der Waals surface area contributed by atoms with Crippen molar-refractivity contribution in [3.05, 3.63) is 115 Å². The molecular formula is C30H18N2O. The third-order valence-corrected chi connectivity index (χ3v) is 5.98. The molecule has 0 saturated carbocycles. The van der Waals surface area contributed by atoms with E-state index in [0.717, 1.165) is 49.9 Å². The van der Waals surface area contributed by atoms with Crippen molar-refractivity contribution in [1.82, 2.24) is 4.98 Å². The van der Waals surface area contributed by atoms with Crippen molar-refractivity contribution in [2.75, 3.05) is 0 Å². The second-order valence-corrected chi connectivity index (χ2v) is 8.01. The third-order valence-electron chi connectivity index (χ3n) is 5.98. The van der Waals surface area contributed by atoms with Crippen LogP contribution in [0.5, 0.6) is 0 Å². The molecule has 154 valence electrons. The molecule has 0 unspecified atom stereocenters. The summed E-state index contributed by atoms with van der Waals surface area (Å²) in [5.41, 5.74) is 8.66. The van der Waals surface area contributed by atoms with E-state index >= 15 is 0 Å². The molecule has 0 atom stereocenters. The molecule has 2 aromatic heterocycles. The Hall–Kier alpha value is -4.68. The lowest BCUT2D eigenvalue weighted by Crippen LogP contribution is -1.85. The molecule has 0 spiro atoms. The zero-order chi connectivity index (χ0) is 22.2. The minimum absolute atomic E-state index is 0.606. The summed E-state index contributed by atoms with van der Waals surface area (Å²) in [6, 6.07) is 37.0. The van der Waals surface area contributed by atoms with Crippen molar-refractivity contribution >= 4 is 21.9 Å². The number of aromatic nitrogens is 1. The molecule has 0 fully saturated rings. The standard InChI is InChI=1S/C30H18N2O/c31-19-20-14-15-32-28(16-20)23-8-6-22(7-9-23)25-11-13-27-26-12-10-24(21-4-2-1-3-5-21)17-29(26)33-30(27)18-25/h1-18H. The monoisotopic (exact) mass is 422 g/mol. The van der Waals surface area contributed by atoms with E-state index in [1.54, 1.807) is 18.3 Å². The highest BCUT2D eigenvalue weighted by Gasteiger charge is 2.10. The van der Waals surface area contributed by atoms with Gasteiger partial charge in [-0.3, -0.25) is 4.98 Å². The molecule has 3 heteroatoms. The summed E-state index contributed by atoms with van der Waals surface area (Å²) in [6.07, 6.45) is 1.67. The van der Waals surface area contributed by atoms with E-state index in [1.165, 1.54) is 5.56 Å². The molecular weight excluding hydrogens is 404 g/mol. The maximum absolute atomic E-state index is 9.13. The van der Waals surface area contributed by atoms with E-state index < -0.39 is 0 Å². The average molecular weight is 422 g/mol. The van der Waals surface area contributed by atoms with Gasteiger partial charge in [-0.25, -0.2) is 0 Å². The fourth-order valence-corrected chi connectivity index (χ4v) is 4.26. The van der Waals surface area contributed by atoms with Crippen LogP contribution in [0.15, 0.2) is 114 Å². The maximum atomic E-state index is 9.13. The largest absolute Gasteiger partial charge is 0.456 e. The Morgan fingerprint density at radius 2 is 1.15 bits per heavy atom. The minimum Gasteiger partial charge on any atom is -0.456 e. The lowest BCUT2D eigenvalue weighted by Gasteiger charge is -2.05. The summed E-state index contributed by atoms with van der Waals surface area (Å²) in [5, 5.41) is 11.4. The Morgan fingerprint density at radius 1 is 0.576 bits per heavy atom. The molecule has 4 aromatic carbocycles. The first-order valence-electron chi connectivity index (χ1n) is 10.8. The number of hydrogen-bond acceptors (Lipinski definition) is 3. The first-order valence-corrected chi connectivity index (χ1v) is 10.8. The number of nitriles is 1.